The first-order valence-electron chi connectivity index (χ1n) is 8.74. The number of esters is 1. The van der Waals surface area contributed by atoms with E-state index in [1.807, 2.05) is 58.9 Å². The molecular formula is C22H25ClO3. The lowest BCUT2D eigenvalue weighted by Gasteiger charge is -2.20. The van der Waals surface area contributed by atoms with E-state index in [0.29, 0.717) is 10.6 Å². The molecule has 2 aromatic carbocycles. The number of ketones is 1. The Bertz CT molecular complexity index is 807. The van der Waals surface area contributed by atoms with E-state index in [-0.39, 0.29) is 18.3 Å². The zero-order valence-electron chi connectivity index (χ0n) is 15.9. The van der Waals surface area contributed by atoms with Gasteiger partial charge in [-0.25, -0.2) is 0 Å². The number of carbonyl (C=O) groups is 2. The van der Waals surface area contributed by atoms with Crippen LogP contribution in [0.15, 0.2) is 36.4 Å². The molecule has 3 nitrogen and oxygen atoms in total. The van der Waals surface area contributed by atoms with E-state index >= 15 is 0 Å². The normalized spacial score (nSPS) is 12.1. The van der Waals surface area contributed by atoms with Crippen molar-refractivity contribution in [2.24, 2.45) is 5.92 Å². The van der Waals surface area contributed by atoms with Crippen LogP contribution < -0.4 is 0 Å². The van der Waals surface area contributed by atoms with Gasteiger partial charge in [0.1, 0.15) is 0 Å². The lowest BCUT2D eigenvalue weighted by atomic mass is 9.88. The molecule has 2 aromatic rings. The topological polar surface area (TPSA) is 43.4 Å². The highest BCUT2D eigenvalue weighted by Gasteiger charge is 2.26. The molecule has 0 fully saturated rings. The van der Waals surface area contributed by atoms with Gasteiger partial charge in [0.15, 0.2) is 6.61 Å². The summed E-state index contributed by atoms with van der Waals surface area (Å²) in [6.07, 6.45) is 0. The molecule has 4 heteroatoms. The Kier molecular flexibility index (Phi) is 6.60. The van der Waals surface area contributed by atoms with Gasteiger partial charge in [0, 0.05) is 10.6 Å². The average molecular weight is 373 g/mol. The molecule has 0 aliphatic heterocycles. The first kappa shape index (κ1) is 20.2. The molecule has 26 heavy (non-hydrogen) atoms. The first-order valence-corrected chi connectivity index (χ1v) is 9.11. The molecule has 0 amide bonds. The fourth-order valence-corrected chi connectivity index (χ4v) is 3.15. The molecule has 0 saturated heterocycles. The van der Waals surface area contributed by atoms with Gasteiger partial charge in [0.25, 0.3) is 0 Å². The van der Waals surface area contributed by atoms with Gasteiger partial charge in [0.05, 0.1) is 5.92 Å². The van der Waals surface area contributed by atoms with Crippen LogP contribution in [0.1, 0.15) is 52.4 Å². The van der Waals surface area contributed by atoms with Crippen molar-refractivity contribution in [2.45, 2.75) is 40.5 Å². The number of hydrogen-bond acceptors (Lipinski definition) is 3. The molecule has 2 rings (SSSR count). The Morgan fingerprint density at radius 1 is 0.962 bits per heavy atom. The standard InChI is InChI=1S/C22H25ClO3/c1-13(2)21(17-6-8-18(23)9-7-17)22(25)26-12-20(24)19-11-15(4)14(3)10-16(19)5/h6-11,13,21H,12H2,1-5H3/t21-/m0/s1. The van der Waals surface area contributed by atoms with E-state index in [9.17, 15) is 9.59 Å². The van der Waals surface area contributed by atoms with Crippen LogP contribution in [-0.2, 0) is 9.53 Å². The third-order valence-corrected chi connectivity index (χ3v) is 4.89. The molecule has 0 unspecified atom stereocenters. The quantitative estimate of drug-likeness (QED) is 0.501. The van der Waals surface area contributed by atoms with Gasteiger partial charge in [-0.2, -0.15) is 0 Å². The molecule has 0 N–H and O–H groups in total. The maximum atomic E-state index is 12.6. The van der Waals surface area contributed by atoms with Crippen molar-refractivity contribution in [3.8, 4) is 0 Å². The van der Waals surface area contributed by atoms with Crippen LogP contribution in [0.25, 0.3) is 0 Å². The van der Waals surface area contributed by atoms with Crippen molar-refractivity contribution in [3.05, 3.63) is 69.2 Å². The Hall–Kier alpha value is -2.13. The fourth-order valence-electron chi connectivity index (χ4n) is 3.03. The average Bonchev–Trinajstić information content (AvgIpc) is 2.57. The third kappa shape index (κ3) is 4.73. The number of carbonyl (C=O) groups excluding carboxylic acids is 2. The van der Waals surface area contributed by atoms with E-state index < -0.39 is 11.9 Å². The van der Waals surface area contributed by atoms with E-state index in [2.05, 4.69) is 0 Å². The highest BCUT2D eigenvalue weighted by atomic mass is 35.5. The van der Waals surface area contributed by atoms with Gasteiger partial charge < -0.3 is 4.74 Å². The molecule has 0 saturated carbocycles. The second-order valence-electron chi connectivity index (χ2n) is 7.06. The molecule has 0 spiro atoms. The molecule has 0 bridgehead atoms. The molecule has 1 atom stereocenters. The maximum absolute atomic E-state index is 12.6. The van der Waals surface area contributed by atoms with Crippen LogP contribution in [0, 0.1) is 26.7 Å². The smallest absolute Gasteiger partial charge is 0.314 e. The number of ether oxygens (including phenoxy) is 1. The predicted octanol–water partition coefficient (Wildman–Crippen LogP) is 5.43. The molecule has 0 radical (unpaired) electrons. The van der Waals surface area contributed by atoms with Gasteiger partial charge in [-0.15, -0.1) is 0 Å². The Labute approximate surface area is 160 Å². The van der Waals surface area contributed by atoms with Crippen molar-refractivity contribution < 1.29 is 14.3 Å². The Balaban J connectivity index is 2.11. The van der Waals surface area contributed by atoms with Crippen LogP contribution in [0.5, 0.6) is 0 Å². The molecule has 138 valence electrons. The zero-order chi connectivity index (χ0) is 19.4. The fraction of sp³-hybridized carbons (Fsp3) is 0.364. The number of Topliss-reactive ketones (excluding diaryl/α,β-unsaturated/α-hetero) is 1. The van der Waals surface area contributed by atoms with E-state index in [4.69, 9.17) is 16.3 Å². The largest absolute Gasteiger partial charge is 0.457 e. The summed E-state index contributed by atoms with van der Waals surface area (Å²) < 4.78 is 5.37. The highest BCUT2D eigenvalue weighted by molar-refractivity contribution is 6.30. The van der Waals surface area contributed by atoms with Crippen molar-refractivity contribution in [1.82, 2.24) is 0 Å². The number of rotatable bonds is 6. The van der Waals surface area contributed by atoms with Gasteiger partial charge in [-0.1, -0.05) is 43.6 Å². The van der Waals surface area contributed by atoms with Crippen LogP contribution in [0.2, 0.25) is 5.02 Å². The number of benzene rings is 2. The van der Waals surface area contributed by atoms with Gasteiger partial charge in [0.2, 0.25) is 5.78 Å². The number of hydrogen-bond donors (Lipinski definition) is 0. The summed E-state index contributed by atoms with van der Waals surface area (Å²) in [6.45, 7) is 9.53. The summed E-state index contributed by atoms with van der Waals surface area (Å²) in [5.74, 6) is -0.960. The van der Waals surface area contributed by atoms with Crippen molar-refractivity contribution in [2.75, 3.05) is 6.61 Å². The monoisotopic (exact) mass is 372 g/mol. The van der Waals surface area contributed by atoms with Crippen LogP contribution in [0.4, 0.5) is 0 Å². The minimum atomic E-state index is -0.430. The van der Waals surface area contributed by atoms with Crippen molar-refractivity contribution in [3.63, 3.8) is 0 Å². The second-order valence-corrected chi connectivity index (χ2v) is 7.49. The number of aryl methyl sites for hydroxylation is 3. The predicted molar refractivity (Wildman–Crippen MR) is 105 cm³/mol. The molecular weight excluding hydrogens is 348 g/mol. The van der Waals surface area contributed by atoms with E-state index in [1.54, 1.807) is 12.1 Å². The van der Waals surface area contributed by atoms with E-state index in [1.165, 1.54) is 0 Å². The summed E-state index contributed by atoms with van der Waals surface area (Å²) >= 11 is 5.92. The Morgan fingerprint density at radius 3 is 2.12 bits per heavy atom. The van der Waals surface area contributed by atoms with E-state index in [0.717, 1.165) is 22.3 Å². The summed E-state index contributed by atoms with van der Waals surface area (Å²) in [4.78, 5) is 25.1. The summed E-state index contributed by atoms with van der Waals surface area (Å²) in [7, 11) is 0. The van der Waals surface area contributed by atoms with Crippen LogP contribution in [-0.4, -0.2) is 18.4 Å². The zero-order valence-corrected chi connectivity index (χ0v) is 16.7. The van der Waals surface area contributed by atoms with Crippen molar-refractivity contribution >= 4 is 23.4 Å². The molecule has 0 aliphatic carbocycles. The summed E-state index contributed by atoms with van der Waals surface area (Å²) in [6, 6.07) is 11.0. The summed E-state index contributed by atoms with van der Waals surface area (Å²) in [5.41, 5.74) is 4.52. The maximum Gasteiger partial charge on any atom is 0.314 e. The van der Waals surface area contributed by atoms with Crippen LogP contribution in [0.3, 0.4) is 0 Å². The number of halogens is 1. The van der Waals surface area contributed by atoms with Gasteiger partial charge in [-0.3, -0.25) is 9.59 Å². The van der Waals surface area contributed by atoms with Gasteiger partial charge in [-0.05, 0) is 67.1 Å². The first-order chi connectivity index (χ1) is 12.2. The molecule has 0 aliphatic rings. The highest BCUT2D eigenvalue weighted by Crippen LogP contribution is 2.27. The molecule has 0 aromatic heterocycles. The third-order valence-electron chi connectivity index (χ3n) is 4.64. The Morgan fingerprint density at radius 2 is 1.54 bits per heavy atom. The lowest BCUT2D eigenvalue weighted by molar-refractivity contribution is -0.145. The second kappa shape index (κ2) is 8.50. The molecule has 0 heterocycles. The minimum Gasteiger partial charge on any atom is -0.457 e. The lowest BCUT2D eigenvalue weighted by Crippen LogP contribution is -2.24. The summed E-state index contributed by atoms with van der Waals surface area (Å²) in [5, 5.41) is 0.616. The minimum absolute atomic E-state index is 0.0436. The van der Waals surface area contributed by atoms with Crippen molar-refractivity contribution in [1.29, 1.82) is 0 Å². The SMILES string of the molecule is Cc1cc(C)c(C(=O)COC(=O)[C@H](c2ccc(Cl)cc2)C(C)C)cc1C. The van der Waals surface area contributed by atoms with Crippen LogP contribution >= 0.6 is 11.6 Å². The van der Waals surface area contributed by atoms with Gasteiger partial charge >= 0.3 is 5.97 Å².